The normalized spacial score (nSPS) is 11.2. The van der Waals surface area contributed by atoms with Gasteiger partial charge in [0.2, 0.25) is 0 Å². The third kappa shape index (κ3) is 4.75. The number of aromatic nitrogens is 4. The van der Waals surface area contributed by atoms with Crippen molar-refractivity contribution in [1.29, 1.82) is 0 Å². The molecule has 0 atom stereocenters. The Morgan fingerprint density at radius 3 is 2.39 bits per heavy atom. The van der Waals surface area contributed by atoms with E-state index in [-0.39, 0.29) is 29.8 Å². The molecule has 2 heterocycles. The Morgan fingerprint density at radius 1 is 1.12 bits per heavy atom. The highest BCUT2D eigenvalue weighted by Crippen LogP contribution is 2.35. The van der Waals surface area contributed by atoms with Gasteiger partial charge in [-0.15, -0.1) is 0 Å². The summed E-state index contributed by atoms with van der Waals surface area (Å²) in [5.41, 5.74) is 1.58. The second-order valence-electron chi connectivity index (χ2n) is 7.63. The molecule has 1 radical (unpaired) electrons. The second-order valence-corrected chi connectivity index (χ2v) is 7.63. The van der Waals surface area contributed by atoms with Crippen LogP contribution in [-0.4, -0.2) is 43.9 Å². The van der Waals surface area contributed by atoms with Crippen molar-refractivity contribution in [2.75, 3.05) is 14.1 Å². The number of hydrogen-bond acceptors (Lipinski definition) is 6. The molecule has 0 saturated carbocycles. The number of pyridine rings is 1. The van der Waals surface area contributed by atoms with Gasteiger partial charge in [-0.25, -0.2) is 8.78 Å². The molecule has 0 unspecified atom stereocenters. The first-order chi connectivity index (χ1) is 15.8. The Kier molecular flexibility index (Phi) is 6.18. The Bertz CT molecular complexity index is 1270. The summed E-state index contributed by atoms with van der Waals surface area (Å²) < 4.78 is 28.5. The van der Waals surface area contributed by atoms with Gasteiger partial charge in [-0.05, 0) is 56.1 Å². The van der Waals surface area contributed by atoms with E-state index >= 15 is 0 Å². The van der Waals surface area contributed by atoms with Crippen molar-refractivity contribution in [2.45, 2.75) is 13.0 Å². The quantitative estimate of drug-likeness (QED) is 0.313. The van der Waals surface area contributed by atoms with Crippen molar-refractivity contribution in [1.82, 2.24) is 24.9 Å². The zero-order valence-electron chi connectivity index (χ0n) is 17.9. The van der Waals surface area contributed by atoms with Gasteiger partial charge < -0.3 is 4.90 Å². The SMILES string of the molecule is CN(C)Cc1[c]c(Cc2c(F)cccc2F)cc(-c2ccc(-n3nccn3)cn2)c1[N+](=O)[O-]. The van der Waals surface area contributed by atoms with Crippen molar-refractivity contribution in [2.24, 2.45) is 0 Å². The zero-order chi connectivity index (χ0) is 23.5. The van der Waals surface area contributed by atoms with Crippen LogP contribution in [0.15, 0.2) is 55.0 Å². The largest absolute Gasteiger partial charge is 0.305 e. The van der Waals surface area contributed by atoms with Gasteiger partial charge in [0, 0.05) is 18.5 Å². The topological polar surface area (TPSA) is 90.0 Å². The van der Waals surface area contributed by atoms with Crippen LogP contribution in [0.5, 0.6) is 0 Å². The van der Waals surface area contributed by atoms with Crippen LogP contribution in [-0.2, 0) is 13.0 Å². The molecule has 0 aliphatic carbocycles. The zero-order valence-corrected chi connectivity index (χ0v) is 17.9. The van der Waals surface area contributed by atoms with Crippen LogP contribution in [0.3, 0.4) is 0 Å². The lowest BCUT2D eigenvalue weighted by Crippen LogP contribution is -2.14. The summed E-state index contributed by atoms with van der Waals surface area (Å²) in [7, 11) is 3.54. The van der Waals surface area contributed by atoms with E-state index in [9.17, 15) is 18.9 Å². The summed E-state index contributed by atoms with van der Waals surface area (Å²) in [4.78, 5) is 19.0. The number of rotatable bonds is 7. The molecule has 8 nitrogen and oxygen atoms in total. The fraction of sp³-hybridized carbons (Fsp3) is 0.174. The number of benzene rings is 2. The highest BCUT2D eigenvalue weighted by molar-refractivity contribution is 5.74. The molecule has 4 rings (SSSR count). The van der Waals surface area contributed by atoms with Gasteiger partial charge in [0.15, 0.2) is 0 Å². The standard InChI is InChI=1S/C23H19F2N6O2/c1-29(2)14-16-10-15(11-18-20(24)4-3-5-21(18)25)12-19(23(16)31(32)33)22-7-6-17(13-26-22)30-27-8-9-28-30/h3-9,12-13H,11,14H2,1-2H3. The van der Waals surface area contributed by atoms with Crippen LogP contribution in [0.1, 0.15) is 16.7 Å². The number of halogens is 2. The van der Waals surface area contributed by atoms with E-state index in [4.69, 9.17) is 0 Å². The molecular weight excluding hydrogens is 430 g/mol. The van der Waals surface area contributed by atoms with E-state index in [2.05, 4.69) is 21.2 Å². The van der Waals surface area contributed by atoms with Crippen LogP contribution in [0.4, 0.5) is 14.5 Å². The second kappa shape index (κ2) is 9.21. The first kappa shape index (κ1) is 22.2. The third-order valence-corrected chi connectivity index (χ3v) is 4.93. The van der Waals surface area contributed by atoms with Crippen molar-refractivity contribution in [3.63, 3.8) is 0 Å². The molecule has 167 valence electrons. The van der Waals surface area contributed by atoms with Crippen LogP contribution < -0.4 is 0 Å². The lowest BCUT2D eigenvalue weighted by atomic mass is 9.95. The van der Waals surface area contributed by atoms with Crippen molar-refractivity contribution in [3.8, 4) is 16.9 Å². The van der Waals surface area contributed by atoms with E-state index in [0.717, 1.165) is 0 Å². The smallest absolute Gasteiger partial charge is 0.283 e. The molecule has 0 bridgehead atoms. The predicted octanol–water partition coefficient (Wildman–Crippen LogP) is 3.97. The van der Waals surface area contributed by atoms with Gasteiger partial charge in [0.1, 0.15) is 17.3 Å². The number of hydrogen-bond donors (Lipinski definition) is 0. The predicted molar refractivity (Wildman–Crippen MR) is 117 cm³/mol. The van der Waals surface area contributed by atoms with E-state index in [1.54, 1.807) is 31.1 Å². The van der Waals surface area contributed by atoms with Gasteiger partial charge >= 0.3 is 0 Å². The molecule has 33 heavy (non-hydrogen) atoms. The summed E-state index contributed by atoms with van der Waals surface area (Å²) in [5, 5.41) is 20.1. The lowest BCUT2D eigenvalue weighted by Gasteiger charge is -2.15. The molecule has 4 aromatic rings. The molecule has 0 spiro atoms. The first-order valence-corrected chi connectivity index (χ1v) is 9.96. The highest BCUT2D eigenvalue weighted by atomic mass is 19.1. The molecule has 10 heteroatoms. The van der Waals surface area contributed by atoms with Gasteiger partial charge in [-0.2, -0.15) is 15.0 Å². The molecule has 0 aliphatic heterocycles. The number of nitro benzene ring substituents is 1. The fourth-order valence-electron chi connectivity index (χ4n) is 3.53. The summed E-state index contributed by atoms with van der Waals surface area (Å²) in [6, 6.07) is 11.5. The van der Waals surface area contributed by atoms with E-state index in [1.165, 1.54) is 47.7 Å². The maximum atomic E-state index is 14.3. The molecule has 0 saturated heterocycles. The minimum atomic E-state index is -0.688. The summed E-state index contributed by atoms with van der Waals surface area (Å²) >= 11 is 0. The summed E-state index contributed by atoms with van der Waals surface area (Å²) in [5.74, 6) is -1.38. The lowest BCUT2D eigenvalue weighted by molar-refractivity contribution is -0.385. The molecule has 2 aromatic heterocycles. The van der Waals surface area contributed by atoms with E-state index in [1.807, 2.05) is 0 Å². The van der Waals surface area contributed by atoms with Gasteiger partial charge in [-0.3, -0.25) is 15.1 Å². The third-order valence-electron chi connectivity index (χ3n) is 4.93. The Labute approximate surface area is 188 Å². The Hall–Kier alpha value is -4.05. The van der Waals surface area contributed by atoms with Gasteiger partial charge in [0.25, 0.3) is 5.69 Å². The van der Waals surface area contributed by atoms with E-state index < -0.39 is 16.6 Å². The first-order valence-electron chi connectivity index (χ1n) is 9.96. The molecule has 0 aliphatic rings. The van der Waals surface area contributed by atoms with Crippen LogP contribution in [0.25, 0.3) is 16.9 Å². The maximum absolute atomic E-state index is 14.3. The van der Waals surface area contributed by atoms with Crippen LogP contribution in [0, 0.1) is 27.8 Å². The molecule has 0 amide bonds. The van der Waals surface area contributed by atoms with Crippen molar-refractivity contribution < 1.29 is 13.7 Å². The minimum absolute atomic E-state index is 0.112. The van der Waals surface area contributed by atoms with Crippen LogP contribution in [0.2, 0.25) is 0 Å². The van der Waals surface area contributed by atoms with Crippen molar-refractivity contribution in [3.05, 3.63) is 99.5 Å². The molecular formula is C23H19F2N6O2. The van der Waals surface area contributed by atoms with E-state index in [0.29, 0.717) is 22.5 Å². The molecule has 0 fully saturated rings. The van der Waals surface area contributed by atoms with Crippen LogP contribution >= 0.6 is 0 Å². The van der Waals surface area contributed by atoms with Crippen molar-refractivity contribution >= 4 is 5.69 Å². The molecule has 0 N–H and O–H groups in total. The fourth-order valence-corrected chi connectivity index (χ4v) is 3.53. The average Bonchev–Trinajstić information content (AvgIpc) is 3.30. The Morgan fingerprint density at radius 2 is 1.82 bits per heavy atom. The number of nitro groups is 1. The minimum Gasteiger partial charge on any atom is -0.305 e. The maximum Gasteiger partial charge on any atom is 0.283 e. The summed E-state index contributed by atoms with van der Waals surface area (Å²) in [6.45, 7) is 0.214. The highest BCUT2D eigenvalue weighted by Gasteiger charge is 2.25. The Balaban J connectivity index is 1.85. The van der Waals surface area contributed by atoms with Gasteiger partial charge in [0.05, 0.1) is 40.3 Å². The van der Waals surface area contributed by atoms with Gasteiger partial charge in [-0.1, -0.05) is 6.07 Å². The molecule has 2 aromatic carbocycles. The average molecular weight is 449 g/mol. The number of nitrogens with zero attached hydrogens (tertiary/aromatic N) is 6. The monoisotopic (exact) mass is 449 g/mol. The summed E-state index contributed by atoms with van der Waals surface area (Å²) in [6.07, 6.45) is 4.43.